The van der Waals surface area contributed by atoms with E-state index in [0.717, 1.165) is 19.3 Å². The Hall–Kier alpha value is -0.240. The SMILES string of the molecule is CCC(C)CC(=O)NCC(CC)(CC)CCl. The second-order valence-corrected chi connectivity index (χ2v) is 5.10. The second-order valence-electron chi connectivity index (χ2n) is 4.84. The first-order chi connectivity index (χ1) is 7.53. The van der Waals surface area contributed by atoms with Crippen molar-refractivity contribution in [1.29, 1.82) is 0 Å². The van der Waals surface area contributed by atoms with Gasteiger partial charge in [-0.1, -0.05) is 34.1 Å². The van der Waals surface area contributed by atoms with E-state index in [2.05, 4.69) is 33.0 Å². The second kappa shape index (κ2) is 7.94. The van der Waals surface area contributed by atoms with Gasteiger partial charge in [-0.05, 0) is 18.8 Å². The van der Waals surface area contributed by atoms with E-state index in [-0.39, 0.29) is 11.3 Å². The van der Waals surface area contributed by atoms with Crippen LogP contribution < -0.4 is 5.32 Å². The van der Waals surface area contributed by atoms with Gasteiger partial charge in [-0.2, -0.15) is 0 Å². The van der Waals surface area contributed by atoms with Crippen LogP contribution in [0.25, 0.3) is 0 Å². The third kappa shape index (κ3) is 5.20. The Kier molecular flexibility index (Phi) is 7.82. The number of nitrogens with one attached hydrogen (secondary N) is 1. The molecule has 0 heterocycles. The largest absolute Gasteiger partial charge is 0.355 e. The summed E-state index contributed by atoms with van der Waals surface area (Å²) in [6.07, 6.45) is 3.70. The fourth-order valence-electron chi connectivity index (χ4n) is 1.56. The minimum Gasteiger partial charge on any atom is -0.355 e. The lowest BCUT2D eigenvalue weighted by Gasteiger charge is -2.29. The molecule has 0 saturated carbocycles. The summed E-state index contributed by atoms with van der Waals surface area (Å²) in [5, 5.41) is 3.02. The topological polar surface area (TPSA) is 29.1 Å². The molecule has 0 aliphatic carbocycles. The van der Waals surface area contributed by atoms with Gasteiger partial charge in [0.1, 0.15) is 0 Å². The molecule has 0 fully saturated rings. The van der Waals surface area contributed by atoms with Crippen molar-refractivity contribution < 1.29 is 4.79 Å². The quantitative estimate of drug-likeness (QED) is 0.653. The summed E-state index contributed by atoms with van der Waals surface area (Å²) in [5.74, 6) is 1.24. The van der Waals surface area contributed by atoms with Crippen LogP contribution in [0.3, 0.4) is 0 Å². The van der Waals surface area contributed by atoms with Crippen molar-refractivity contribution >= 4 is 17.5 Å². The molecule has 2 nitrogen and oxygen atoms in total. The van der Waals surface area contributed by atoms with E-state index in [1.165, 1.54) is 0 Å². The van der Waals surface area contributed by atoms with Gasteiger partial charge in [0.25, 0.3) is 0 Å². The first kappa shape index (κ1) is 15.8. The monoisotopic (exact) mass is 247 g/mol. The number of halogens is 1. The van der Waals surface area contributed by atoms with E-state index in [1.54, 1.807) is 0 Å². The molecular formula is C13H26ClNO. The summed E-state index contributed by atoms with van der Waals surface area (Å²) < 4.78 is 0. The van der Waals surface area contributed by atoms with Gasteiger partial charge in [0, 0.05) is 24.3 Å². The maximum absolute atomic E-state index is 11.7. The van der Waals surface area contributed by atoms with Crippen LogP contribution in [-0.4, -0.2) is 18.3 Å². The van der Waals surface area contributed by atoms with E-state index in [9.17, 15) is 4.79 Å². The zero-order chi connectivity index (χ0) is 12.6. The van der Waals surface area contributed by atoms with Gasteiger partial charge in [-0.15, -0.1) is 11.6 Å². The number of carbonyl (C=O) groups excluding carboxylic acids is 1. The Balaban J connectivity index is 4.06. The number of hydrogen-bond donors (Lipinski definition) is 1. The highest BCUT2D eigenvalue weighted by Gasteiger charge is 2.25. The van der Waals surface area contributed by atoms with Crippen molar-refractivity contribution in [1.82, 2.24) is 5.32 Å². The molecule has 0 saturated heterocycles. The van der Waals surface area contributed by atoms with E-state index in [4.69, 9.17) is 11.6 Å². The lowest BCUT2D eigenvalue weighted by atomic mass is 9.84. The molecule has 0 aromatic carbocycles. The molecule has 1 amide bonds. The van der Waals surface area contributed by atoms with E-state index in [1.807, 2.05) is 0 Å². The molecule has 0 spiro atoms. The number of hydrogen-bond acceptors (Lipinski definition) is 1. The Bertz CT molecular complexity index is 194. The molecule has 1 unspecified atom stereocenters. The third-order valence-corrected chi connectivity index (χ3v) is 4.24. The van der Waals surface area contributed by atoms with Crippen molar-refractivity contribution in [2.24, 2.45) is 11.3 Å². The Morgan fingerprint density at radius 2 is 1.88 bits per heavy atom. The number of rotatable bonds is 8. The molecule has 3 heteroatoms. The molecule has 0 aromatic rings. The van der Waals surface area contributed by atoms with Crippen LogP contribution in [0, 0.1) is 11.3 Å². The average Bonchev–Trinajstić information content (AvgIpc) is 2.31. The van der Waals surface area contributed by atoms with Gasteiger partial charge >= 0.3 is 0 Å². The van der Waals surface area contributed by atoms with Crippen LogP contribution in [0.15, 0.2) is 0 Å². The van der Waals surface area contributed by atoms with Gasteiger partial charge in [0.05, 0.1) is 0 Å². The standard InChI is InChI=1S/C13H26ClNO/c1-5-11(4)8-12(16)15-10-13(6-2,7-3)9-14/h11H,5-10H2,1-4H3,(H,15,16). The fraction of sp³-hybridized carbons (Fsp3) is 0.923. The average molecular weight is 248 g/mol. The number of carbonyl (C=O) groups is 1. The highest BCUT2D eigenvalue weighted by molar-refractivity contribution is 6.18. The molecular weight excluding hydrogens is 222 g/mol. The zero-order valence-corrected chi connectivity index (χ0v) is 11.9. The molecule has 1 atom stereocenters. The molecule has 0 radical (unpaired) electrons. The minimum atomic E-state index is 0.0761. The van der Waals surface area contributed by atoms with Gasteiger partial charge < -0.3 is 5.32 Å². The van der Waals surface area contributed by atoms with E-state index < -0.39 is 0 Å². The molecule has 16 heavy (non-hydrogen) atoms. The van der Waals surface area contributed by atoms with Crippen LogP contribution in [0.4, 0.5) is 0 Å². The fourth-order valence-corrected chi connectivity index (χ4v) is 2.03. The third-order valence-electron chi connectivity index (χ3n) is 3.67. The normalized spacial score (nSPS) is 13.6. The van der Waals surface area contributed by atoms with Gasteiger partial charge in [0.2, 0.25) is 5.91 Å². The Morgan fingerprint density at radius 3 is 2.25 bits per heavy atom. The van der Waals surface area contributed by atoms with Crippen LogP contribution >= 0.6 is 11.6 Å². The van der Waals surface area contributed by atoms with Crippen molar-refractivity contribution in [3.05, 3.63) is 0 Å². The molecule has 0 rings (SSSR count). The predicted molar refractivity (Wildman–Crippen MR) is 70.8 cm³/mol. The van der Waals surface area contributed by atoms with Gasteiger partial charge in [-0.3, -0.25) is 4.79 Å². The minimum absolute atomic E-state index is 0.0761. The van der Waals surface area contributed by atoms with Crippen LogP contribution in [0.5, 0.6) is 0 Å². The summed E-state index contributed by atoms with van der Waals surface area (Å²) in [5.41, 5.74) is 0.0761. The molecule has 0 aliphatic heterocycles. The highest BCUT2D eigenvalue weighted by atomic mass is 35.5. The highest BCUT2D eigenvalue weighted by Crippen LogP contribution is 2.26. The lowest BCUT2D eigenvalue weighted by Crippen LogP contribution is -2.38. The van der Waals surface area contributed by atoms with E-state index in [0.29, 0.717) is 24.8 Å². The molecule has 0 aromatic heterocycles. The van der Waals surface area contributed by atoms with Crippen molar-refractivity contribution in [2.75, 3.05) is 12.4 Å². The zero-order valence-electron chi connectivity index (χ0n) is 11.1. The number of amides is 1. The maximum Gasteiger partial charge on any atom is 0.220 e. The van der Waals surface area contributed by atoms with Gasteiger partial charge in [0.15, 0.2) is 0 Å². The lowest BCUT2D eigenvalue weighted by molar-refractivity contribution is -0.122. The van der Waals surface area contributed by atoms with Crippen LogP contribution in [0.2, 0.25) is 0 Å². The van der Waals surface area contributed by atoms with Crippen LogP contribution in [0.1, 0.15) is 53.4 Å². The van der Waals surface area contributed by atoms with Crippen LogP contribution in [-0.2, 0) is 4.79 Å². The maximum atomic E-state index is 11.7. The predicted octanol–water partition coefficient (Wildman–Crippen LogP) is 3.58. The van der Waals surface area contributed by atoms with E-state index >= 15 is 0 Å². The first-order valence-electron chi connectivity index (χ1n) is 6.36. The molecule has 0 aliphatic rings. The molecule has 0 bridgehead atoms. The molecule has 96 valence electrons. The summed E-state index contributed by atoms with van der Waals surface area (Å²) in [4.78, 5) is 11.7. The summed E-state index contributed by atoms with van der Waals surface area (Å²) in [6.45, 7) is 9.19. The van der Waals surface area contributed by atoms with Crippen molar-refractivity contribution in [3.8, 4) is 0 Å². The smallest absolute Gasteiger partial charge is 0.220 e. The summed E-state index contributed by atoms with van der Waals surface area (Å²) >= 11 is 5.99. The first-order valence-corrected chi connectivity index (χ1v) is 6.89. The van der Waals surface area contributed by atoms with Gasteiger partial charge in [-0.25, -0.2) is 0 Å². The summed E-state index contributed by atoms with van der Waals surface area (Å²) in [6, 6.07) is 0. The van der Waals surface area contributed by atoms with Crippen molar-refractivity contribution in [3.63, 3.8) is 0 Å². The number of alkyl halides is 1. The Labute approximate surface area is 105 Å². The Morgan fingerprint density at radius 1 is 1.31 bits per heavy atom. The summed E-state index contributed by atoms with van der Waals surface area (Å²) in [7, 11) is 0. The van der Waals surface area contributed by atoms with Crippen molar-refractivity contribution in [2.45, 2.75) is 53.4 Å². The molecule has 1 N–H and O–H groups in total.